The fourth-order valence-electron chi connectivity index (χ4n) is 2.50. The molecule has 1 N–H and O–H groups in total. The van der Waals surface area contributed by atoms with Crippen LogP contribution in [0.3, 0.4) is 0 Å². The van der Waals surface area contributed by atoms with Gasteiger partial charge in [0.2, 0.25) is 0 Å². The fourth-order valence-corrected chi connectivity index (χ4v) is 2.50. The number of anilines is 1. The number of hydrogen-bond acceptors (Lipinski definition) is 3. The molecule has 0 spiro atoms. The molecule has 0 aliphatic carbocycles. The summed E-state index contributed by atoms with van der Waals surface area (Å²) in [6, 6.07) is 0.565. The third kappa shape index (κ3) is 3.73. The van der Waals surface area contributed by atoms with E-state index in [4.69, 9.17) is 4.74 Å². The minimum Gasteiger partial charge on any atom is -0.380 e. The number of hydrogen-bond donors (Lipinski definition) is 1. The molecule has 2 unspecified atom stereocenters. The monoisotopic (exact) mass is 251 g/mol. The molecule has 18 heavy (non-hydrogen) atoms. The van der Waals surface area contributed by atoms with E-state index in [1.165, 1.54) is 19.3 Å². The number of ether oxygens (including phenoxy) is 1. The van der Waals surface area contributed by atoms with Crippen LogP contribution in [0.1, 0.15) is 46.0 Å². The van der Waals surface area contributed by atoms with Gasteiger partial charge in [0, 0.05) is 18.8 Å². The highest BCUT2D eigenvalue weighted by atomic mass is 16.5. The number of nitrogens with one attached hydrogen (secondary N) is 1. The lowest BCUT2D eigenvalue weighted by molar-refractivity contribution is 0.0940. The summed E-state index contributed by atoms with van der Waals surface area (Å²) in [4.78, 5) is 0. The van der Waals surface area contributed by atoms with Crippen LogP contribution in [0.2, 0.25) is 0 Å². The first kappa shape index (κ1) is 13.4. The van der Waals surface area contributed by atoms with Gasteiger partial charge >= 0.3 is 0 Å². The predicted octanol–water partition coefficient (Wildman–Crippen LogP) is 3.05. The minimum atomic E-state index is 0.357. The molecule has 1 aliphatic rings. The van der Waals surface area contributed by atoms with E-state index < -0.39 is 0 Å². The van der Waals surface area contributed by atoms with Crippen LogP contribution in [0.25, 0.3) is 0 Å². The van der Waals surface area contributed by atoms with Crippen molar-refractivity contribution in [2.24, 2.45) is 0 Å². The van der Waals surface area contributed by atoms with Crippen LogP contribution in [-0.2, 0) is 11.3 Å². The Morgan fingerprint density at radius 1 is 1.56 bits per heavy atom. The van der Waals surface area contributed by atoms with Crippen LogP contribution in [0, 0.1) is 0 Å². The van der Waals surface area contributed by atoms with E-state index in [1.54, 1.807) is 0 Å². The molecule has 1 aromatic heterocycles. The molecule has 2 rings (SSSR count). The normalized spacial score (nSPS) is 21.1. The van der Waals surface area contributed by atoms with Crippen molar-refractivity contribution in [2.45, 2.75) is 64.6 Å². The van der Waals surface area contributed by atoms with Gasteiger partial charge in [-0.2, -0.15) is 5.10 Å². The zero-order valence-corrected chi connectivity index (χ0v) is 11.6. The highest BCUT2D eigenvalue weighted by molar-refractivity contribution is 5.39. The van der Waals surface area contributed by atoms with Gasteiger partial charge in [-0.05, 0) is 25.7 Å². The van der Waals surface area contributed by atoms with E-state index in [-0.39, 0.29) is 0 Å². The van der Waals surface area contributed by atoms with Crippen molar-refractivity contribution in [3.8, 4) is 0 Å². The summed E-state index contributed by atoms with van der Waals surface area (Å²) in [6.45, 7) is 6.24. The summed E-state index contributed by atoms with van der Waals surface area (Å²) in [6.07, 6.45) is 10.3. The van der Waals surface area contributed by atoms with Gasteiger partial charge in [-0.1, -0.05) is 20.3 Å². The van der Waals surface area contributed by atoms with Gasteiger partial charge in [0.15, 0.2) is 0 Å². The molecule has 2 atom stereocenters. The molecule has 0 bridgehead atoms. The van der Waals surface area contributed by atoms with Crippen LogP contribution in [-0.4, -0.2) is 28.5 Å². The first-order chi connectivity index (χ1) is 8.81. The second kappa shape index (κ2) is 6.78. The van der Waals surface area contributed by atoms with Gasteiger partial charge in [-0.3, -0.25) is 4.68 Å². The summed E-state index contributed by atoms with van der Waals surface area (Å²) >= 11 is 0. The molecular formula is C14H25N3O. The molecule has 1 saturated heterocycles. The van der Waals surface area contributed by atoms with E-state index in [2.05, 4.69) is 30.5 Å². The highest BCUT2D eigenvalue weighted by Gasteiger charge is 2.16. The van der Waals surface area contributed by atoms with Crippen LogP contribution in [0.5, 0.6) is 0 Å². The smallest absolute Gasteiger partial charge is 0.0771 e. The Labute approximate surface area is 110 Å². The number of aromatic nitrogens is 2. The van der Waals surface area contributed by atoms with Crippen molar-refractivity contribution in [3.63, 3.8) is 0 Å². The van der Waals surface area contributed by atoms with E-state index in [1.807, 2.05) is 10.9 Å². The van der Waals surface area contributed by atoms with Gasteiger partial charge in [0.25, 0.3) is 0 Å². The largest absolute Gasteiger partial charge is 0.380 e. The Bertz CT molecular complexity index is 345. The van der Waals surface area contributed by atoms with E-state index >= 15 is 0 Å². The summed E-state index contributed by atoms with van der Waals surface area (Å²) in [5.41, 5.74) is 1.13. The Balaban J connectivity index is 1.84. The second-order valence-electron chi connectivity index (χ2n) is 5.12. The summed E-state index contributed by atoms with van der Waals surface area (Å²) in [5.74, 6) is 0. The molecule has 1 aliphatic heterocycles. The van der Waals surface area contributed by atoms with E-state index in [0.717, 1.165) is 31.7 Å². The first-order valence-corrected chi connectivity index (χ1v) is 7.22. The Kier molecular flexibility index (Phi) is 5.05. The van der Waals surface area contributed by atoms with Gasteiger partial charge in [0.1, 0.15) is 0 Å². The minimum absolute atomic E-state index is 0.357. The molecule has 1 fully saturated rings. The molecule has 0 aromatic carbocycles. The zero-order chi connectivity index (χ0) is 12.8. The van der Waals surface area contributed by atoms with Gasteiger partial charge in [0.05, 0.1) is 24.5 Å². The summed E-state index contributed by atoms with van der Waals surface area (Å²) in [5, 5.41) is 7.95. The van der Waals surface area contributed by atoms with Gasteiger partial charge in [-0.25, -0.2) is 0 Å². The van der Waals surface area contributed by atoms with Gasteiger partial charge in [-0.15, -0.1) is 0 Å². The molecule has 4 heteroatoms. The molecule has 0 saturated carbocycles. The van der Waals surface area contributed by atoms with Gasteiger partial charge < -0.3 is 10.1 Å². The predicted molar refractivity (Wildman–Crippen MR) is 73.8 cm³/mol. The number of rotatable bonds is 7. The molecular weight excluding hydrogens is 226 g/mol. The topological polar surface area (TPSA) is 39.1 Å². The maximum absolute atomic E-state index is 5.63. The third-order valence-corrected chi connectivity index (χ3v) is 3.55. The standard InChI is InChI=1S/C14H25N3O/c1-3-6-12(4-2)16-13-9-15-17(10-13)11-14-7-5-8-18-14/h9-10,12,14,16H,3-8,11H2,1-2H3. The Hall–Kier alpha value is -1.03. The maximum Gasteiger partial charge on any atom is 0.0771 e. The lowest BCUT2D eigenvalue weighted by Gasteiger charge is -2.15. The van der Waals surface area contributed by atoms with Crippen LogP contribution < -0.4 is 5.32 Å². The van der Waals surface area contributed by atoms with E-state index in [9.17, 15) is 0 Å². The average Bonchev–Trinajstić information content (AvgIpc) is 3.01. The molecule has 4 nitrogen and oxygen atoms in total. The van der Waals surface area contributed by atoms with Crippen molar-refractivity contribution in [1.29, 1.82) is 0 Å². The van der Waals surface area contributed by atoms with Crippen molar-refractivity contribution < 1.29 is 4.74 Å². The highest BCUT2D eigenvalue weighted by Crippen LogP contribution is 2.16. The first-order valence-electron chi connectivity index (χ1n) is 7.22. The average molecular weight is 251 g/mol. The van der Waals surface area contributed by atoms with Crippen molar-refractivity contribution in [2.75, 3.05) is 11.9 Å². The lowest BCUT2D eigenvalue weighted by Crippen LogP contribution is -2.18. The van der Waals surface area contributed by atoms with Crippen molar-refractivity contribution in [3.05, 3.63) is 12.4 Å². The maximum atomic E-state index is 5.63. The summed E-state index contributed by atoms with van der Waals surface area (Å²) < 4.78 is 7.62. The zero-order valence-electron chi connectivity index (χ0n) is 11.6. The lowest BCUT2D eigenvalue weighted by atomic mass is 10.1. The Morgan fingerprint density at radius 3 is 3.11 bits per heavy atom. The van der Waals surface area contributed by atoms with Crippen LogP contribution in [0.15, 0.2) is 12.4 Å². The van der Waals surface area contributed by atoms with Crippen LogP contribution in [0.4, 0.5) is 5.69 Å². The molecule has 0 radical (unpaired) electrons. The third-order valence-electron chi connectivity index (χ3n) is 3.55. The molecule has 0 amide bonds. The summed E-state index contributed by atoms with van der Waals surface area (Å²) in [7, 11) is 0. The van der Waals surface area contributed by atoms with E-state index in [0.29, 0.717) is 12.1 Å². The van der Waals surface area contributed by atoms with Crippen LogP contribution >= 0.6 is 0 Å². The SMILES string of the molecule is CCCC(CC)Nc1cnn(CC2CCCO2)c1. The molecule has 2 heterocycles. The quantitative estimate of drug-likeness (QED) is 0.809. The fraction of sp³-hybridized carbons (Fsp3) is 0.786. The molecule has 1 aromatic rings. The van der Waals surface area contributed by atoms with Crippen molar-refractivity contribution >= 4 is 5.69 Å². The second-order valence-corrected chi connectivity index (χ2v) is 5.12. The number of nitrogens with zero attached hydrogens (tertiary/aromatic N) is 2. The van der Waals surface area contributed by atoms with Crippen molar-refractivity contribution in [1.82, 2.24) is 9.78 Å². The Morgan fingerprint density at radius 2 is 2.44 bits per heavy atom. The molecule has 102 valence electrons.